The van der Waals surface area contributed by atoms with Crippen molar-refractivity contribution >= 4 is 22.6 Å². The Morgan fingerprint density at radius 1 is 1.25 bits per heavy atom. The normalized spacial score (nSPS) is 23.2. The fraction of sp³-hybridized carbons (Fsp3) is 0.154. The van der Waals surface area contributed by atoms with Gasteiger partial charge in [0.15, 0.2) is 5.17 Å². The van der Waals surface area contributed by atoms with Gasteiger partial charge in [-0.05, 0) is 18.6 Å². The number of thioether (sulfide) groups is 1. The molecule has 0 amide bonds. The molecule has 0 bridgehead atoms. The molecule has 0 spiro atoms. The Kier molecular flexibility index (Phi) is 2.33. The van der Waals surface area contributed by atoms with Crippen LogP contribution in [0.4, 0.5) is 5.69 Å². The molecule has 2 nitrogen and oxygen atoms in total. The van der Waals surface area contributed by atoms with E-state index < -0.39 is 0 Å². The van der Waals surface area contributed by atoms with Gasteiger partial charge in [-0.25, -0.2) is 0 Å². The van der Waals surface area contributed by atoms with Crippen molar-refractivity contribution in [2.75, 3.05) is 4.90 Å². The van der Waals surface area contributed by atoms with Crippen LogP contribution in [0.3, 0.4) is 0 Å². The summed E-state index contributed by atoms with van der Waals surface area (Å²) in [5.41, 5.74) is 1.11. The molecule has 1 aliphatic carbocycles. The van der Waals surface area contributed by atoms with Gasteiger partial charge in [0.25, 0.3) is 0 Å². The molecule has 1 fully saturated rings. The molecular weight excluding hydrogens is 216 g/mol. The van der Waals surface area contributed by atoms with E-state index in [2.05, 4.69) is 35.3 Å². The molecule has 16 heavy (non-hydrogen) atoms. The summed E-state index contributed by atoms with van der Waals surface area (Å²) >= 11 is 1.57. The number of nitrogens with one attached hydrogen (secondary N) is 1. The Balaban J connectivity index is 1.99. The van der Waals surface area contributed by atoms with Crippen LogP contribution in [0.2, 0.25) is 0 Å². The first-order valence-corrected chi connectivity index (χ1v) is 6.15. The third-order valence-electron chi connectivity index (χ3n) is 2.86. The Hall–Kier alpha value is -1.48. The zero-order chi connectivity index (χ0) is 11.0. The fourth-order valence-electron chi connectivity index (χ4n) is 2.12. The molecule has 1 saturated heterocycles. The van der Waals surface area contributed by atoms with E-state index >= 15 is 0 Å². The van der Waals surface area contributed by atoms with E-state index in [1.165, 1.54) is 4.91 Å². The van der Waals surface area contributed by atoms with Crippen LogP contribution in [0.25, 0.3) is 0 Å². The number of hydrogen-bond acceptors (Lipinski definition) is 2. The van der Waals surface area contributed by atoms with Crippen molar-refractivity contribution in [1.29, 1.82) is 5.41 Å². The minimum absolute atomic E-state index is 0.338. The molecular formula is C13H12N2S. The summed E-state index contributed by atoms with van der Waals surface area (Å²) in [7, 11) is 0. The van der Waals surface area contributed by atoms with Crippen molar-refractivity contribution in [2.24, 2.45) is 0 Å². The molecule has 3 heteroatoms. The molecule has 80 valence electrons. The highest BCUT2D eigenvalue weighted by atomic mass is 32.2. The highest BCUT2D eigenvalue weighted by Crippen LogP contribution is 2.40. The number of fused-ring (bicyclic) bond motifs is 1. The molecule has 2 aliphatic rings. The largest absolute Gasteiger partial charge is 0.313 e. The number of para-hydroxylation sites is 1. The minimum Gasteiger partial charge on any atom is -0.313 e. The maximum atomic E-state index is 8.06. The third kappa shape index (κ3) is 1.48. The SMILES string of the molecule is N=C1SC2=CC=CCC2N1c1ccccc1. The van der Waals surface area contributed by atoms with Crippen LogP contribution in [-0.2, 0) is 0 Å². The quantitative estimate of drug-likeness (QED) is 0.797. The highest BCUT2D eigenvalue weighted by molar-refractivity contribution is 8.17. The number of benzene rings is 1. The van der Waals surface area contributed by atoms with E-state index in [4.69, 9.17) is 5.41 Å². The van der Waals surface area contributed by atoms with Gasteiger partial charge in [0.1, 0.15) is 0 Å². The van der Waals surface area contributed by atoms with Gasteiger partial charge in [-0.2, -0.15) is 0 Å². The zero-order valence-corrected chi connectivity index (χ0v) is 9.58. The van der Waals surface area contributed by atoms with E-state index in [-0.39, 0.29) is 0 Å². The van der Waals surface area contributed by atoms with Crippen LogP contribution in [-0.4, -0.2) is 11.2 Å². The third-order valence-corrected chi connectivity index (χ3v) is 3.90. The number of nitrogens with zero attached hydrogens (tertiary/aromatic N) is 1. The molecule has 1 aliphatic heterocycles. The Bertz CT molecular complexity index is 476. The maximum Gasteiger partial charge on any atom is 0.166 e. The number of amidine groups is 1. The van der Waals surface area contributed by atoms with Crippen molar-refractivity contribution in [2.45, 2.75) is 12.5 Å². The molecule has 1 unspecified atom stereocenters. The first kappa shape index (κ1) is 9.73. The van der Waals surface area contributed by atoms with E-state index in [0.717, 1.165) is 12.1 Å². The predicted octanol–water partition coefficient (Wildman–Crippen LogP) is 3.39. The molecule has 0 saturated carbocycles. The zero-order valence-electron chi connectivity index (χ0n) is 8.76. The second-order valence-corrected chi connectivity index (χ2v) is 4.92. The summed E-state index contributed by atoms with van der Waals surface area (Å²) in [4.78, 5) is 3.40. The van der Waals surface area contributed by atoms with Crippen LogP contribution in [0.15, 0.2) is 53.5 Å². The first-order chi connectivity index (χ1) is 7.86. The van der Waals surface area contributed by atoms with Crippen LogP contribution >= 0.6 is 11.8 Å². The van der Waals surface area contributed by atoms with Gasteiger partial charge in [-0.1, -0.05) is 48.2 Å². The Morgan fingerprint density at radius 2 is 2.06 bits per heavy atom. The summed E-state index contributed by atoms with van der Waals surface area (Å²) in [6.45, 7) is 0. The Morgan fingerprint density at radius 3 is 2.88 bits per heavy atom. The molecule has 1 aromatic carbocycles. The molecule has 1 aromatic rings. The van der Waals surface area contributed by atoms with Gasteiger partial charge in [0.05, 0.1) is 6.04 Å². The van der Waals surface area contributed by atoms with Gasteiger partial charge < -0.3 is 4.90 Å². The average molecular weight is 228 g/mol. The lowest BCUT2D eigenvalue weighted by Gasteiger charge is -2.25. The van der Waals surface area contributed by atoms with Gasteiger partial charge in [-0.15, -0.1) is 0 Å². The maximum absolute atomic E-state index is 8.06. The Labute approximate surface area is 99.2 Å². The number of allylic oxidation sites excluding steroid dienone is 2. The van der Waals surface area contributed by atoms with E-state index in [1.807, 2.05) is 18.2 Å². The number of rotatable bonds is 1. The van der Waals surface area contributed by atoms with Crippen molar-refractivity contribution in [1.82, 2.24) is 0 Å². The van der Waals surface area contributed by atoms with Crippen molar-refractivity contribution < 1.29 is 0 Å². The van der Waals surface area contributed by atoms with Crippen LogP contribution in [0.1, 0.15) is 6.42 Å². The summed E-state index contributed by atoms with van der Waals surface area (Å²) in [6.07, 6.45) is 7.37. The van der Waals surface area contributed by atoms with Crippen LogP contribution in [0.5, 0.6) is 0 Å². The smallest absolute Gasteiger partial charge is 0.166 e. The van der Waals surface area contributed by atoms with Gasteiger partial charge in [0, 0.05) is 10.6 Å². The van der Waals surface area contributed by atoms with Crippen molar-refractivity contribution in [3.05, 3.63) is 53.5 Å². The average Bonchev–Trinajstić information content (AvgIpc) is 2.66. The second kappa shape index (κ2) is 3.83. The topological polar surface area (TPSA) is 27.1 Å². The lowest BCUT2D eigenvalue weighted by Crippen LogP contribution is -2.32. The van der Waals surface area contributed by atoms with Gasteiger partial charge in [-0.3, -0.25) is 5.41 Å². The standard InChI is InChI=1S/C13H12N2S/c14-13-15(10-6-2-1-3-7-10)11-8-4-5-9-12(11)16-13/h1-7,9,11,14H,8H2. The number of anilines is 1. The number of hydrogen-bond donors (Lipinski definition) is 1. The lowest BCUT2D eigenvalue weighted by atomic mass is 10.1. The van der Waals surface area contributed by atoms with Gasteiger partial charge in [0.2, 0.25) is 0 Å². The van der Waals surface area contributed by atoms with Crippen LogP contribution < -0.4 is 4.90 Å². The minimum atomic E-state index is 0.338. The predicted molar refractivity (Wildman–Crippen MR) is 69.9 cm³/mol. The molecule has 0 aromatic heterocycles. The molecule has 1 heterocycles. The van der Waals surface area contributed by atoms with Crippen molar-refractivity contribution in [3.63, 3.8) is 0 Å². The molecule has 1 atom stereocenters. The summed E-state index contributed by atoms with van der Waals surface area (Å²) in [5, 5.41) is 8.69. The molecule has 0 radical (unpaired) electrons. The van der Waals surface area contributed by atoms with E-state index in [0.29, 0.717) is 11.2 Å². The van der Waals surface area contributed by atoms with Gasteiger partial charge >= 0.3 is 0 Å². The second-order valence-electron chi connectivity index (χ2n) is 3.86. The molecule has 3 rings (SSSR count). The van der Waals surface area contributed by atoms with E-state index in [9.17, 15) is 0 Å². The summed E-state index contributed by atoms with van der Waals surface area (Å²) in [5.74, 6) is 0. The van der Waals surface area contributed by atoms with Crippen molar-refractivity contribution in [3.8, 4) is 0 Å². The monoisotopic (exact) mass is 228 g/mol. The van der Waals surface area contributed by atoms with Crippen LogP contribution in [0, 0.1) is 5.41 Å². The fourth-order valence-corrected chi connectivity index (χ4v) is 3.16. The lowest BCUT2D eigenvalue weighted by molar-refractivity contribution is 0.804. The summed E-state index contributed by atoms with van der Waals surface area (Å²) in [6, 6.07) is 10.5. The molecule has 1 N–H and O–H groups in total. The van der Waals surface area contributed by atoms with E-state index in [1.54, 1.807) is 11.8 Å². The first-order valence-electron chi connectivity index (χ1n) is 5.33. The summed E-state index contributed by atoms with van der Waals surface area (Å²) < 4.78 is 0. The highest BCUT2D eigenvalue weighted by Gasteiger charge is 2.34.